The molecule has 2 heterocycles. The van der Waals surface area contributed by atoms with Gasteiger partial charge in [-0.05, 0) is 37.0 Å². The monoisotopic (exact) mass is 572 g/mol. The van der Waals surface area contributed by atoms with Gasteiger partial charge < -0.3 is 24.8 Å². The van der Waals surface area contributed by atoms with Gasteiger partial charge in [-0.1, -0.05) is 12.1 Å². The Balaban J connectivity index is 0.00000363. The standard InChI is InChI=1S/C21H31F3N4O3.HI/c1-2-25-20(28-8-7-16(15-28)14-27-9-11-30-12-10-27)26-13-19(29)17-3-5-18(6-4-17)31-21(22,23)24;/h3-6,16,19,29H,2,7-15H2,1H3,(H,25,26);1H. The van der Waals surface area contributed by atoms with Crippen molar-refractivity contribution in [1.29, 1.82) is 0 Å². The lowest BCUT2D eigenvalue weighted by atomic mass is 10.1. The van der Waals surface area contributed by atoms with Crippen LogP contribution in [-0.4, -0.2) is 86.3 Å². The largest absolute Gasteiger partial charge is 0.573 e. The predicted molar refractivity (Wildman–Crippen MR) is 126 cm³/mol. The average Bonchev–Trinajstić information content (AvgIpc) is 3.19. The molecular weight excluding hydrogens is 540 g/mol. The minimum Gasteiger partial charge on any atom is -0.406 e. The smallest absolute Gasteiger partial charge is 0.406 e. The van der Waals surface area contributed by atoms with Crippen molar-refractivity contribution < 1.29 is 27.8 Å². The lowest BCUT2D eigenvalue weighted by Gasteiger charge is -2.29. The third-order valence-electron chi connectivity index (χ3n) is 5.45. The first-order chi connectivity index (χ1) is 14.8. The first-order valence-corrected chi connectivity index (χ1v) is 10.7. The molecule has 2 aliphatic rings. The number of likely N-dealkylation sites (tertiary alicyclic amines) is 1. The van der Waals surface area contributed by atoms with Crippen LogP contribution in [0.5, 0.6) is 5.75 Å². The highest BCUT2D eigenvalue weighted by Crippen LogP contribution is 2.25. The van der Waals surface area contributed by atoms with Crippen LogP contribution < -0.4 is 10.1 Å². The maximum atomic E-state index is 12.3. The molecule has 2 N–H and O–H groups in total. The van der Waals surface area contributed by atoms with E-state index in [0.717, 1.165) is 58.3 Å². The Labute approximate surface area is 204 Å². The first kappa shape index (κ1) is 26.9. The Morgan fingerprint density at radius 1 is 1.25 bits per heavy atom. The minimum absolute atomic E-state index is 0. The number of ether oxygens (including phenoxy) is 2. The van der Waals surface area contributed by atoms with E-state index in [0.29, 0.717) is 18.0 Å². The third-order valence-corrected chi connectivity index (χ3v) is 5.45. The number of alkyl halides is 3. The van der Waals surface area contributed by atoms with Gasteiger partial charge in [0.25, 0.3) is 0 Å². The van der Waals surface area contributed by atoms with E-state index in [1.807, 2.05) is 6.92 Å². The summed E-state index contributed by atoms with van der Waals surface area (Å²) in [7, 11) is 0. The van der Waals surface area contributed by atoms with Gasteiger partial charge in [-0.15, -0.1) is 37.1 Å². The van der Waals surface area contributed by atoms with Crippen molar-refractivity contribution in [2.24, 2.45) is 10.9 Å². The summed E-state index contributed by atoms with van der Waals surface area (Å²) in [6.45, 7) is 9.22. The normalized spacial score (nSPS) is 21.2. The van der Waals surface area contributed by atoms with Crippen LogP contribution in [0.4, 0.5) is 13.2 Å². The van der Waals surface area contributed by atoms with E-state index >= 15 is 0 Å². The van der Waals surface area contributed by atoms with Crippen LogP contribution in [0.3, 0.4) is 0 Å². The predicted octanol–water partition coefficient (Wildman–Crippen LogP) is 2.86. The van der Waals surface area contributed by atoms with Crippen LogP contribution in [0.1, 0.15) is 25.0 Å². The van der Waals surface area contributed by atoms with Crippen LogP contribution in [-0.2, 0) is 4.74 Å². The van der Waals surface area contributed by atoms with Crippen molar-refractivity contribution >= 4 is 29.9 Å². The molecule has 11 heteroatoms. The number of rotatable bonds is 7. The second-order valence-corrected chi connectivity index (χ2v) is 7.84. The number of hydrogen-bond donors (Lipinski definition) is 2. The minimum atomic E-state index is -4.74. The Hall–Kier alpha value is -1.31. The van der Waals surface area contributed by atoms with Crippen molar-refractivity contribution in [2.75, 3.05) is 59.0 Å². The van der Waals surface area contributed by atoms with Crippen molar-refractivity contribution in [3.8, 4) is 5.75 Å². The molecule has 0 bridgehead atoms. The molecular formula is C21H32F3IN4O3. The molecule has 3 rings (SSSR count). The summed E-state index contributed by atoms with van der Waals surface area (Å²) in [6, 6.07) is 5.22. The quantitative estimate of drug-likeness (QED) is 0.298. The highest BCUT2D eigenvalue weighted by molar-refractivity contribution is 14.0. The zero-order valence-corrected chi connectivity index (χ0v) is 20.5. The Kier molecular flexibility index (Phi) is 10.8. The second-order valence-electron chi connectivity index (χ2n) is 7.84. The zero-order valence-electron chi connectivity index (χ0n) is 18.2. The molecule has 0 amide bonds. The molecule has 0 aromatic heterocycles. The van der Waals surface area contributed by atoms with Crippen molar-refractivity contribution in [2.45, 2.75) is 25.8 Å². The average molecular weight is 572 g/mol. The molecule has 2 saturated heterocycles. The fourth-order valence-electron chi connectivity index (χ4n) is 3.92. The number of aliphatic hydroxyl groups is 1. The number of hydrogen-bond acceptors (Lipinski definition) is 5. The molecule has 1 aromatic rings. The van der Waals surface area contributed by atoms with Gasteiger partial charge in [0.05, 0.1) is 25.9 Å². The van der Waals surface area contributed by atoms with Gasteiger partial charge in [-0.2, -0.15) is 0 Å². The Morgan fingerprint density at radius 2 is 1.94 bits per heavy atom. The summed E-state index contributed by atoms with van der Waals surface area (Å²) in [5, 5.41) is 13.7. The fourth-order valence-corrected chi connectivity index (χ4v) is 3.92. The van der Waals surface area contributed by atoms with Gasteiger partial charge in [0, 0.05) is 39.3 Å². The van der Waals surface area contributed by atoms with E-state index in [9.17, 15) is 18.3 Å². The number of aliphatic imine (C=N–C) groups is 1. The maximum absolute atomic E-state index is 12.3. The number of benzene rings is 1. The third kappa shape index (κ3) is 8.56. The molecule has 0 radical (unpaired) electrons. The summed E-state index contributed by atoms with van der Waals surface area (Å²) < 4.78 is 46.1. The Bertz CT molecular complexity index is 715. The van der Waals surface area contributed by atoms with E-state index in [1.54, 1.807) is 0 Å². The molecule has 32 heavy (non-hydrogen) atoms. The topological polar surface area (TPSA) is 69.6 Å². The fraction of sp³-hybridized carbons (Fsp3) is 0.667. The summed E-state index contributed by atoms with van der Waals surface area (Å²) in [4.78, 5) is 9.22. The lowest BCUT2D eigenvalue weighted by molar-refractivity contribution is -0.274. The van der Waals surface area contributed by atoms with Crippen LogP contribution in [0.25, 0.3) is 0 Å². The number of halogens is 4. The number of morpholine rings is 1. The number of nitrogens with zero attached hydrogens (tertiary/aromatic N) is 3. The van der Waals surface area contributed by atoms with Crippen LogP contribution >= 0.6 is 24.0 Å². The van der Waals surface area contributed by atoms with Gasteiger partial charge in [0.15, 0.2) is 5.96 Å². The molecule has 1 aromatic carbocycles. The van der Waals surface area contributed by atoms with Crippen LogP contribution in [0.2, 0.25) is 0 Å². The van der Waals surface area contributed by atoms with Crippen LogP contribution in [0.15, 0.2) is 29.3 Å². The van der Waals surface area contributed by atoms with Gasteiger partial charge in [-0.3, -0.25) is 9.89 Å². The summed E-state index contributed by atoms with van der Waals surface area (Å²) in [5.41, 5.74) is 0.487. The molecule has 2 aliphatic heterocycles. The molecule has 2 unspecified atom stereocenters. The zero-order chi connectivity index (χ0) is 22.3. The molecule has 0 saturated carbocycles. The number of nitrogens with one attached hydrogen (secondary N) is 1. The highest BCUT2D eigenvalue weighted by atomic mass is 127. The van der Waals surface area contributed by atoms with E-state index in [1.165, 1.54) is 24.3 Å². The summed E-state index contributed by atoms with van der Waals surface area (Å²) >= 11 is 0. The van der Waals surface area contributed by atoms with Gasteiger partial charge in [0.2, 0.25) is 0 Å². The molecule has 182 valence electrons. The summed E-state index contributed by atoms with van der Waals surface area (Å²) in [5.74, 6) is 1.000. The SMILES string of the molecule is CCNC(=NCC(O)c1ccc(OC(F)(F)F)cc1)N1CCC(CN2CCOCC2)C1.I. The van der Waals surface area contributed by atoms with E-state index in [4.69, 9.17) is 4.74 Å². The maximum Gasteiger partial charge on any atom is 0.573 e. The second kappa shape index (κ2) is 12.8. The van der Waals surface area contributed by atoms with Crippen molar-refractivity contribution in [1.82, 2.24) is 15.1 Å². The summed E-state index contributed by atoms with van der Waals surface area (Å²) in [6.07, 6.45) is -4.56. The molecule has 0 aliphatic carbocycles. The number of aliphatic hydroxyl groups excluding tert-OH is 1. The molecule has 2 atom stereocenters. The van der Waals surface area contributed by atoms with E-state index < -0.39 is 12.5 Å². The van der Waals surface area contributed by atoms with Gasteiger partial charge in [-0.25, -0.2) is 0 Å². The Morgan fingerprint density at radius 3 is 2.56 bits per heavy atom. The van der Waals surface area contributed by atoms with Crippen molar-refractivity contribution in [3.05, 3.63) is 29.8 Å². The van der Waals surface area contributed by atoms with Crippen molar-refractivity contribution in [3.63, 3.8) is 0 Å². The van der Waals surface area contributed by atoms with Gasteiger partial charge in [0.1, 0.15) is 5.75 Å². The highest BCUT2D eigenvalue weighted by Gasteiger charge is 2.31. The van der Waals surface area contributed by atoms with E-state index in [-0.39, 0.29) is 36.3 Å². The molecule has 2 fully saturated rings. The van der Waals surface area contributed by atoms with E-state index in [2.05, 4.69) is 24.8 Å². The van der Waals surface area contributed by atoms with Gasteiger partial charge >= 0.3 is 6.36 Å². The lowest BCUT2D eigenvalue weighted by Crippen LogP contribution is -2.42. The number of guanidine groups is 1. The van der Waals surface area contributed by atoms with Crippen LogP contribution in [0, 0.1) is 5.92 Å². The first-order valence-electron chi connectivity index (χ1n) is 10.7. The molecule has 7 nitrogen and oxygen atoms in total. The molecule has 0 spiro atoms.